The minimum absolute atomic E-state index is 0.179. The standard InChI is InChI=1S/C37H30N2O2S/c1-27-22-24-32(25-23-27)42(40,41)39-38-34-26-33(35(28-14-6-2-7-15-28)29-16-8-3-9-17-29)37(34)36(30-18-10-4-11-19-30)31-20-12-5-13-21-31/h2-25,39H,26H2,1H3/b38-34+. The smallest absolute Gasteiger partial charge is 0.200 e. The lowest BCUT2D eigenvalue weighted by atomic mass is 9.72. The maximum absolute atomic E-state index is 13.2. The molecule has 5 aromatic rings. The summed E-state index contributed by atoms with van der Waals surface area (Å²) in [6.07, 6.45) is 0.508. The van der Waals surface area contributed by atoms with Crippen LogP contribution in [0.25, 0.3) is 11.1 Å². The predicted octanol–water partition coefficient (Wildman–Crippen LogP) is 8.04. The highest BCUT2D eigenvalue weighted by molar-refractivity contribution is 7.89. The fraction of sp³-hybridized carbons (Fsp3) is 0.0541. The van der Waals surface area contributed by atoms with Crippen molar-refractivity contribution < 1.29 is 8.42 Å². The maximum Gasteiger partial charge on any atom is 0.276 e. The van der Waals surface area contributed by atoms with E-state index in [1.807, 2.05) is 79.7 Å². The van der Waals surface area contributed by atoms with Crippen LogP contribution in [0.5, 0.6) is 0 Å². The van der Waals surface area contributed by atoms with Gasteiger partial charge in [-0.1, -0.05) is 139 Å². The number of hydrogen-bond donors (Lipinski definition) is 1. The average Bonchev–Trinajstić information content (AvgIpc) is 3.03. The first-order chi connectivity index (χ1) is 20.5. The number of allylic oxidation sites excluding steroid dienone is 2. The number of aryl methyl sites for hydroxylation is 1. The zero-order valence-electron chi connectivity index (χ0n) is 23.2. The highest BCUT2D eigenvalue weighted by atomic mass is 32.2. The molecule has 1 aliphatic carbocycles. The molecule has 5 aromatic carbocycles. The molecular formula is C37H30N2O2S. The topological polar surface area (TPSA) is 58.5 Å². The van der Waals surface area contributed by atoms with Gasteiger partial charge < -0.3 is 0 Å². The summed E-state index contributed by atoms with van der Waals surface area (Å²) in [5.74, 6) is 0. The SMILES string of the molecule is Cc1ccc(S(=O)(=O)N/N=C2\CC(=C(c3ccccc3)c3ccccc3)C2=C(c2ccccc2)c2ccccc2)cc1. The van der Waals surface area contributed by atoms with Gasteiger partial charge in [0.25, 0.3) is 10.0 Å². The van der Waals surface area contributed by atoms with Gasteiger partial charge in [0.2, 0.25) is 0 Å². The van der Waals surface area contributed by atoms with Crippen molar-refractivity contribution in [2.75, 3.05) is 0 Å². The van der Waals surface area contributed by atoms with E-state index >= 15 is 0 Å². The number of hydrogen-bond acceptors (Lipinski definition) is 3. The molecule has 0 spiro atoms. The Morgan fingerprint density at radius 2 is 0.976 bits per heavy atom. The fourth-order valence-corrected chi connectivity index (χ4v) is 6.12. The zero-order valence-corrected chi connectivity index (χ0v) is 24.1. The first kappa shape index (κ1) is 27.2. The van der Waals surface area contributed by atoms with E-state index in [-0.39, 0.29) is 4.90 Å². The van der Waals surface area contributed by atoms with Crippen molar-refractivity contribution in [3.63, 3.8) is 0 Å². The lowest BCUT2D eigenvalue weighted by molar-refractivity contribution is 0.584. The number of sulfonamides is 1. The van der Waals surface area contributed by atoms with Gasteiger partial charge in [0.05, 0.1) is 10.6 Å². The van der Waals surface area contributed by atoms with Crippen molar-refractivity contribution >= 4 is 26.9 Å². The first-order valence-electron chi connectivity index (χ1n) is 13.9. The van der Waals surface area contributed by atoms with E-state index in [0.29, 0.717) is 12.1 Å². The Kier molecular flexibility index (Phi) is 7.67. The second-order valence-corrected chi connectivity index (χ2v) is 11.9. The fourth-order valence-electron chi connectivity index (χ4n) is 5.29. The summed E-state index contributed by atoms with van der Waals surface area (Å²) >= 11 is 0. The molecule has 1 aliphatic rings. The van der Waals surface area contributed by atoms with Gasteiger partial charge in [0.1, 0.15) is 0 Å². The van der Waals surface area contributed by atoms with Crippen molar-refractivity contribution in [1.29, 1.82) is 0 Å². The number of nitrogens with one attached hydrogen (secondary N) is 1. The van der Waals surface area contributed by atoms with Crippen LogP contribution in [0.2, 0.25) is 0 Å². The summed E-state index contributed by atoms with van der Waals surface area (Å²) in [5.41, 5.74) is 10.1. The Morgan fingerprint density at radius 1 is 0.571 bits per heavy atom. The molecule has 42 heavy (non-hydrogen) atoms. The molecule has 0 aliphatic heterocycles. The Hall–Kier alpha value is -5.00. The second-order valence-electron chi connectivity index (χ2n) is 10.2. The molecule has 0 atom stereocenters. The summed E-state index contributed by atoms with van der Waals surface area (Å²) in [5, 5.41) is 4.56. The zero-order chi connectivity index (χ0) is 28.9. The Labute approximate surface area is 247 Å². The van der Waals surface area contributed by atoms with Crippen LogP contribution in [0.4, 0.5) is 0 Å². The average molecular weight is 567 g/mol. The molecule has 1 fully saturated rings. The van der Waals surface area contributed by atoms with Crippen LogP contribution >= 0.6 is 0 Å². The van der Waals surface area contributed by atoms with E-state index in [1.54, 1.807) is 24.3 Å². The van der Waals surface area contributed by atoms with E-state index in [4.69, 9.17) is 0 Å². The van der Waals surface area contributed by atoms with E-state index in [2.05, 4.69) is 58.5 Å². The van der Waals surface area contributed by atoms with Crippen molar-refractivity contribution in [3.8, 4) is 0 Å². The molecule has 0 unspecified atom stereocenters. The number of rotatable bonds is 7. The molecule has 1 N–H and O–H groups in total. The summed E-state index contributed by atoms with van der Waals surface area (Å²) in [7, 11) is -3.84. The minimum atomic E-state index is -3.84. The monoisotopic (exact) mass is 566 g/mol. The van der Waals surface area contributed by atoms with Crippen molar-refractivity contribution in [2.24, 2.45) is 5.10 Å². The predicted molar refractivity (Wildman–Crippen MR) is 171 cm³/mol. The van der Waals surface area contributed by atoms with Crippen LogP contribution in [0.3, 0.4) is 0 Å². The third kappa shape index (κ3) is 5.60. The van der Waals surface area contributed by atoms with Crippen LogP contribution in [0, 0.1) is 6.92 Å². The van der Waals surface area contributed by atoms with Crippen LogP contribution in [0.1, 0.15) is 34.2 Å². The molecule has 1 saturated carbocycles. The van der Waals surface area contributed by atoms with Gasteiger partial charge in [-0.3, -0.25) is 0 Å². The van der Waals surface area contributed by atoms with Gasteiger partial charge in [-0.05, 0) is 58.0 Å². The lowest BCUT2D eigenvalue weighted by Gasteiger charge is -2.32. The molecule has 0 heterocycles. The van der Waals surface area contributed by atoms with Gasteiger partial charge in [0.15, 0.2) is 0 Å². The quantitative estimate of drug-likeness (QED) is 0.203. The van der Waals surface area contributed by atoms with E-state index in [0.717, 1.165) is 50.1 Å². The van der Waals surface area contributed by atoms with Gasteiger partial charge in [0, 0.05) is 12.0 Å². The highest BCUT2D eigenvalue weighted by Crippen LogP contribution is 2.45. The molecular weight excluding hydrogens is 536 g/mol. The maximum atomic E-state index is 13.2. The molecule has 0 aromatic heterocycles. The molecule has 0 bridgehead atoms. The third-order valence-corrected chi connectivity index (χ3v) is 8.59. The van der Waals surface area contributed by atoms with Crippen molar-refractivity contribution in [2.45, 2.75) is 18.2 Å². The summed E-state index contributed by atoms with van der Waals surface area (Å²) in [4.78, 5) is 2.71. The first-order valence-corrected chi connectivity index (χ1v) is 15.3. The molecule has 0 saturated heterocycles. The molecule has 206 valence electrons. The third-order valence-electron chi connectivity index (χ3n) is 7.37. The van der Waals surface area contributed by atoms with Crippen LogP contribution in [-0.4, -0.2) is 14.1 Å². The lowest BCUT2D eigenvalue weighted by Crippen LogP contribution is -2.28. The van der Waals surface area contributed by atoms with Gasteiger partial charge in [-0.25, -0.2) is 0 Å². The largest absolute Gasteiger partial charge is 0.276 e. The van der Waals surface area contributed by atoms with Crippen molar-refractivity contribution in [3.05, 3.63) is 185 Å². The second kappa shape index (κ2) is 11.9. The van der Waals surface area contributed by atoms with Crippen molar-refractivity contribution in [1.82, 2.24) is 4.83 Å². The number of hydrazone groups is 1. The Bertz CT molecular complexity index is 1810. The van der Waals surface area contributed by atoms with Crippen LogP contribution in [-0.2, 0) is 10.0 Å². The molecule has 0 amide bonds. The minimum Gasteiger partial charge on any atom is -0.200 e. The summed E-state index contributed by atoms with van der Waals surface area (Å²) < 4.78 is 26.4. The summed E-state index contributed by atoms with van der Waals surface area (Å²) in [6.45, 7) is 1.93. The van der Waals surface area contributed by atoms with E-state index in [9.17, 15) is 8.42 Å². The molecule has 4 nitrogen and oxygen atoms in total. The van der Waals surface area contributed by atoms with Crippen LogP contribution < -0.4 is 4.83 Å². The van der Waals surface area contributed by atoms with Gasteiger partial charge >= 0.3 is 0 Å². The molecule has 5 heteroatoms. The van der Waals surface area contributed by atoms with E-state index in [1.165, 1.54) is 0 Å². The molecule has 6 rings (SSSR count). The number of nitrogens with zero attached hydrogens (tertiary/aromatic N) is 1. The van der Waals surface area contributed by atoms with E-state index < -0.39 is 10.0 Å². The normalized spacial score (nSPS) is 13.9. The Morgan fingerprint density at radius 3 is 1.40 bits per heavy atom. The van der Waals surface area contributed by atoms with Gasteiger partial charge in [-0.2, -0.15) is 18.4 Å². The van der Waals surface area contributed by atoms with Crippen LogP contribution in [0.15, 0.2) is 167 Å². The summed E-state index contributed by atoms with van der Waals surface area (Å²) in [6, 6.07) is 47.9. The Balaban J connectivity index is 1.60. The highest BCUT2D eigenvalue weighted by Gasteiger charge is 2.34. The molecule has 0 radical (unpaired) electrons. The number of benzene rings is 5. The van der Waals surface area contributed by atoms with Gasteiger partial charge in [-0.15, -0.1) is 0 Å².